The molecule has 0 aliphatic carbocycles. The number of rotatable bonds is 6. The highest BCUT2D eigenvalue weighted by molar-refractivity contribution is 5.86. The summed E-state index contributed by atoms with van der Waals surface area (Å²) in [7, 11) is 1.39. The zero-order valence-electron chi connectivity index (χ0n) is 17.1. The van der Waals surface area contributed by atoms with Crippen molar-refractivity contribution in [1.82, 2.24) is 9.88 Å². The van der Waals surface area contributed by atoms with Crippen LogP contribution < -0.4 is 0 Å². The minimum atomic E-state index is -0.334. The number of nitrogens with one attached hydrogen (secondary N) is 1. The number of carbonyl (C=O) groups is 1. The predicted molar refractivity (Wildman–Crippen MR) is 118 cm³/mol. The molecule has 4 nitrogen and oxygen atoms in total. The standard InChI is InChI=1S/C25H28N2O2/c1-18(20-12-9-19(10-13-20)11-14-25(28)29-2)27-15-5-6-22(27)16-21-17-26-24-8-4-3-7-23(21)24/h3-4,7-14,17-18,22,26H,5-6,15-16H2,1-2H3/t18-,22?/m1/s1. The van der Waals surface area contributed by atoms with Crippen molar-refractivity contribution in [3.05, 3.63) is 77.5 Å². The second-order valence-corrected chi connectivity index (χ2v) is 7.80. The molecule has 1 unspecified atom stereocenters. The minimum absolute atomic E-state index is 0.334. The number of methoxy groups -OCH3 is 1. The van der Waals surface area contributed by atoms with Gasteiger partial charge in [0.1, 0.15) is 0 Å². The number of hydrogen-bond acceptors (Lipinski definition) is 3. The van der Waals surface area contributed by atoms with Crippen LogP contribution in [0.1, 0.15) is 42.5 Å². The number of nitrogens with zero attached hydrogens (tertiary/aromatic N) is 1. The summed E-state index contributed by atoms with van der Waals surface area (Å²) >= 11 is 0. The van der Waals surface area contributed by atoms with Crippen molar-refractivity contribution in [3.63, 3.8) is 0 Å². The van der Waals surface area contributed by atoms with Gasteiger partial charge in [-0.25, -0.2) is 4.79 Å². The van der Waals surface area contributed by atoms with Gasteiger partial charge in [-0.3, -0.25) is 4.90 Å². The van der Waals surface area contributed by atoms with Crippen LogP contribution in [0.3, 0.4) is 0 Å². The number of esters is 1. The molecule has 0 amide bonds. The average molecular weight is 389 g/mol. The topological polar surface area (TPSA) is 45.3 Å². The van der Waals surface area contributed by atoms with E-state index in [4.69, 9.17) is 0 Å². The molecule has 1 fully saturated rings. The van der Waals surface area contributed by atoms with Crippen LogP contribution in [0, 0.1) is 0 Å². The van der Waals surface area contributed by atoms with Crippen molar-refractivity contribution >= 4 is 22.9 Å². The fourth-order valence-electron chi connectivity index (χ4n) is 4.45. The van der Waals surface area contributed by atoms with Crippen LogP contribution in [0.4, 0.5) is 0 Å². The van der Waals surface area contributed by atoms with Crippen LogP contribution in [0.5, 0.6) is 0 Å². The number of benzene rings is 2. The Labute approximate surface area is 172 Å². The van der Waals surface area contributed by atoms with Crippen molar-refractivity contribution in [2.45, 2.75) is 38.3 Å². The fourth-order valence-corrected chi connectivity index (χ4v) is 4.45. The van der Waals surface area contributed by atoms with E-state index in [2.05, 4.69) is 76.3 Å². The molecule has 29 heavy (non-hydrogen) atoms. The number of H-pyrrole nitrogens is 1. The lowest BCUT2D eigenvalue weighted by molar-refractivity contribution is -0.134. The monoisotopic (exact) mass is 388 g/mol. The van der Waals surface area contributed by atoms with Gasteiger partial charge >= 0.3 is 5.97 Å². The van der Waals surface area contributed by atoms with Gasteiger partial charge in [-0.05, 0) is 61.6 Å². The first-order valence-electron chi connectivity index (χ1n) is 10.3. The lowest BCUT2D eigenvalue weighted by Crippen LogP contribution is -2.33. The molecule has 1 aromatic heterocycles. The minimum Gasteiger partial charge on any atom is -0.466 e. The lowest BCUT2D eigenvalue weighted by atomic mass is 10.00. The Hall–Kier alpha value is -2.85. The van der Waals surface area contributed by atoms with Crippen molar-refractivity contribution < 1.29 is 9.53 Å². The van der Waals surface area contributed by atoms with E-state index in [0.29, 0.717) is 12.1 Å². The molecule has 1 aliphatic rings. The number of fused-ring (bicyclic) bond motifs is 1. The summed E-state index contributed by atoms with van der Waals surface area (Å²) in [6, 6.07) is 17.9. The molecule has 0 bridgehead atoms. The van der Waals surface area contributed by atoms with Gasteiger partial charge in [0.05, 0.1) is 7.11 Å². The summed E-state index contributed by atoms with van der Waals surface area (Å²) in [5.74, 6) is -0.334. The molecule has 150 valence electrons. The number of para-hydroxylation sites is 1. The quantitative estimate of drug-likeness (QED) is 0.471. The summed E-state index contributed by atoms with van der Waals surface area (Å²) in [5, 5.41) is 1.34. The van der Waals surface area contributed by atoms with Crippen molar-refractivity contribution in [2.75, 3.05) is 13.7 Å². The lowest BCUT2D eigenvalue weighted by Gasteiger charge is -2.31. The van der Waals surface area contributed by atoms with E-state index in [1.54, 1.807) is 6.08 Å². The maximum atomic E-state index is 11.3. The highest BCUT2D eigenvalue weighted by Gasteiger charge is 2.29. The highest BCUT2D eigenvalue weighted by atomic mass is 16.5. The Morgan fingerprint density at radius 2 is 2.03 bits per heavy atom. The molecule has 1 N–H and O–H groups in total. The Balaban J connectivity index is 1.47. The molecule has 0 spiro atoms. The summed E-state index contributed by atoms with van der Waals surface area (Å²) in [5.41, 5.74) is 4.94. The first kappa shape index (κ1) is 19.5. The SMILES string of the molecule is COC(=O)C=Cc1ccc([C@@H](C)N2CCCC2Cc2c[nH]c3ccccc23)cc1. The molecule has 2 heterocycles. The van der Waals surface area contributed by atoms with E-state index in [1.165, 1.54) is 48.1 Å². The summed E-state index contributed by atoms with van der Waals surface area (Å²) in [4.78, 5) is 17.3. The zero-order chi connectivity index (χ0) is 20.2. The van der Waals surface area contributed by atoms with E-state index in [0.717, 1.165) is 18.5 Å². The number of ether oxygens (including phenoxy) is 1. The number of aromatic amines is 1. The molecule has 4 rings (SSSR count). The van der Waals surface area contributed by atoms with Crippen LogP contribution in [0.25, 0.3) is 17.0 Å². The number of carbonyl (C=O) groups excluding carboxylic acids is 1. The number of hydrogen-bond donors (Lipinski definition) is 1. The van der Waals surface area contributed by atoms with Gasteiger partial charge in [-0.1, -0.05) is 42.5 Å². The van der Waals surface area contributed by atoms with Gasteiger partial charge in [-0.2, -0.15) is 0 Å². The van der Waals surface area contributed by atoms with Gasteiger partial charge in [0.2, 0.25) is 0 Å². The first-order chi connectivity index (χ1) is 14.2. The van der Waals surface area contributed by atoms with Gasteiger partial charge < -0.3 is 9.72 Å². The van der Waals surface area contributed by atoms with Gasteiger partial charge in [-0.15, -0.1) is 0 Å². The average Bonchev–Trinajstić information content (AvgIpc) is 3.39. The van der Waals surface area contributed by atoms with Gasteiger partial charge in [0, 0.05) is 35.3 Å². The van der Waals surface area contributed by atoms with Crippen molar-refractivity contribution in [1.29, 1.82) is 0 Å². The molecule has 4 heteroatoms. The second-order valence-electron chi connectivity index (χ2n) is 7.80. The van der Waals surface area contributed by atoms with Gasteiger partial charge in [0.25, 0.3) is 0 Å². The Morgan fingerprint density at radius 1 is 1.24 bits per heavy atom. The number of aromatic nitrogens is 1. The normalized spacial score (nSPS) is 18.5. The summed E-state index contributed by atoms with van der Waals surface area (Å²) in [6.45, 7) is 3.44. The fraction of sp³-hybridized carbons (Fsp3) is 0.320. The molecule has 2 atom stereocenters. The molecule has 1 aliphatic heterocycles. The molecular weight excluding hydrogens is 360 g/mol. The molecule has 2 aromatic carbocycles. The molecule has 3 aromatic rings. The molecule has 1 saturated heterocycles. The van der Waals surface area contributed by atoms with Crippen LogP contribution in [0.15, 0.2) is 60.8 Å². The Kier molecular flexibility index (Phi) is 5.81. The van der Waals surface area contributed by atoms with Crippen LogP contribution >= 0.6 is 0 Å². The Morgan fingerprint density at radius 3 is 2.83 bits per heavy atom. The molecule has 0 saturated carbocycles. The summed E-state index contributed by atoms with van der Waals surface area (Å²) < 4.78 is 4.65. The maximum absolute atomic E-state index is 11.3. The van der Waals surface area contributed by atoms with E-state index in [1.807, 2.05) is 0 Å². The van der Waals surface area contributed by atoms with E-state index >= 15 is 0 Å². The largest absolute Gasteiger partial charge is 0.466 e. The van der Waals surface area contributed by atoms with E-state index in [-0.39, 0.29) is 5.97 Å². The number of likely N-dealkylation sites (tertiary alicyclic amines) is 1. The highest BCUT2D eigenvalue weighted by Crippen LogP contribution is 2.32. The first-order valence-corrected chi connectivity index (χ1v) is 10.3. The molecular formula is C25H28N2O2. The third-order valence-electron chi connectivity index (χ3n) is 6.08. The van der Waals surface area contributed by atoms with Gasteiger partial charge in [0.15, 0.2) is 0 Å². The maximum Gasteiger partial charge on any atom is 0.330 e. The molecule has 0 radical (unpaired) electrons. The zero-order valence-corrected chi connectivity index (χ0v) is 17.1. The van der Waals surface area contributed by atoms with Crippen molar-refractivity contribution in [2.24, 2.45) is 0 Å². The van der Waals surface area contributed by atoms with Crippen LogP contribution in [0.2, 0.25) is 0 Å². The smallest absolute Gasteiger partial charge is 0.330 e. The van der Waals surface area contributed by atoms with Crippen LogP contribution in [-0.4, -0.2) is 35.5 Å². The van der Waals surface area contributed by atoms with Crippen LogP contribution in [-0.2, 0) is 16.0 Å². The Bertz CT molecular complexity index is 1000. The summed E-state index contributed by atoms with van der Waals surface area (Å²) in [6.07, 6.45) is 8.98. The second kappa shape index (κ2) is 8.66. The van der Waals surface area contributed by atoms with Crippen molar-refractivity contribution in [3.8, 4) is 0 Å². The third kappa shape index (κ3) is 4.28. The van der Waals surface area contributed by atoms with E-state index in [9.17, 15) is 4.79 Å². The third-order valence-corrected chi connectivity index (χ3v) is 6.08. The van der Waals surface area contributed by atoms with E-state index < -0.39 is 0 Å². The predicted octanol–water partition coefficient (Wildman–Crippen LogP) is 5.12.